The van der Waals surface area contributed by atoms with Crippen LogP contribution in [0.4, 0.5) is 4.79 Å². The second-order valence-electron chi connectivity index (χ2n) is 6.46. The van der Waals surface area contributed by atoms with E-state index >= 15 is 0 Å². The van der Waals surface area contributed by atoms with Gasteiger partial charge in [0.2, 0.25) is 0 Å². The predicted molar refractivity (Wildman–Crippen MR) is 92.1 cm³/mol. The van der Waals surface area contributed by atoms with Gasteiger partial charge in [-0.3, -0.25) is 0 Å². The number of hydrogen-bond acceptors (Lipinski definition) is 7. The minimum atomic E-state index is -1.82. The smallest absolute Gasteiger partial charge is 0.410 e. The molecule has 8 heteroatoms. The molecule has 0 spiro atoms. The lowest BCUT2D eigenvalue weighted by Gasteiger charge is -2.47. The Balaban J connectivity index is 2.15. The molecule has 136 valence electrons. The molecule has 1 amide bonds. The standard InChI is InChI=1S/C19H17N5O3/c1-2-27-18(25)24-5-3-13-14(7-20)17(23)19(10-21,11-22)16(15(13)8-24)12-4-6-26-9-12/h3-4,6,9,14-16,23H,2,5,8H2,1H3/t14?,15-,16+/m0/s1. The highest BCUT2D eigenvalue weighted by Crippen LogP contribution is 2.53. The first kappa shape index (κ1) is 18.2. The van der Waals surface area contributed by atoms with Gasteiger partial charge in [0.25, 0.3) is 0 Å². The van der Waals surface area contributed by atoms with Gasteiger partial charge in [0.15, 0.2) is 5.41 Å². The zero-order chi connectivity index (χ0) is 19.6. The van der Waals surface area contributed by atoms with E-state index in [2.05, 4.69) is 6.07 Å². The quantitative estimate of drug-likeness (QED) is 0.801. The third-order valence-corrected chi connectivity index (χ3v) is 5.22. The van der Waals surface area contributed by atoms with Crippen LogP contribution in [0.5, 0.6) is 0 Å². The molecule has 1 fully saturated rings. The number of carbonyl (C=O) groups excluding carboxylic acids is 1. The van der Waals surface area contributed by atoms with Gasteiger partial charge in [-0.25, -0.2) is 4.79 Å². The van der Waals surface area contributed by atoms with Crippen molar-refractivity contribution in [2.24, 2.45) is 17.3 Å². The minimum Gasteiger partial charge on any atom is -0.472 e. The van der Waals surface area contributed by atoms with Crippen LogP contribution in [0.15, 0.2) is 34.7 Å². The summed E-state index contributed by atoms with van der Waals surface area (Å²) in [5.41, 5.74) is -0.797. The molecule has 1 aliphatic heterocycles. The van der Waals surface area contributed by atoms with E-state index in [1.165, 1.54) is 17.4 Å². The van der Waals surface area contributed by atoms with E-state index in [9.17, 15) is 20.6 Å². The van der Waals surface area contributed by atoms with Crippen molar-refractivity contribution in [3.8, 4) is 18.2 Å². The fourth-order valence-corrected chi connectivity index (χ4v) is 4.00. The summed E-state index contributed by atoms with van der Waals surface area (Å²) in [5.74, 6) is -2.17. The molecule has 1 aliphatic carbocycles. The van der Waals surface area contributed by atoms with Crippen molar-refractivity contribution in [2.75, 3.05) is 19.7 Å². The van der Waals surface area contributed by atoms with Crippen LogP contribution in [0.2, 0.25) is 0 Å². The molecule has 1 aromatic rings. The monoisotopic (exact) mass is 363 g/mol. The molecule has 2 aliphatic rings. The number of fused-ring (bicyclic) bond motifs is 1. The molecule has 3 atom stereocenters. The maximum Gasteiger partial charge on any atom is 0.410 e. The molecular weight excluding hydrogens is 346 g/mol. The van der Waals surface area contributed by atoms with E-state index in [1.54, 1.807) is 19.1 Å². The molecule has 1 aromatic heterocycles. The second kappa shape index (κ2) is 6.97. The first-order valence-electron chi connectivity index (χ1n) is 8.48. The van der Waals surface area contributed by atoms with Crippen LogP contribution >= 0.6 is 0 Å². The first-order chi connectivity index (χ1) is 13.0. The molecule has 8 nitrogen and oxygen atoms in total. The lowest BCUT2D eigenvalue weighted by molar-refractivity contribution is 0.0992. The highest BCUT2D eigenvalue weighted by Gasteiger charge is 2.58. The average molecular weight is 363 g/mol. The largest absolute Gasteiger partial charge is 0.472 e. The molecule has 1 saturated carbocycles. The van der Waals surface area contributed by atoms with Gasteiger partial charge < -0.3 is 19.5 Å². The van der Waals surface area contributed by atoms with Crippen molar-refractivity contribution in [1.82, 2.24) is 4.90 Å². The topological polar surface area (TPSA) is 138 Å². The number of furan rings is 1. The molecule has 0 saturated heterocycles. The Morgan fingerprint density at radius 3 is 2.74 bits per heavy atom. The van der Waals surface area contributed by atoms with E-state index in [4.69, 9.17) is 14.6 Å². The number of hydrogen-bond donors (Lipinski definition) is 1. The molecular formula is C19H17N5O3. The summed E-state index contributed by atoms with van der Waals surface area (Å²) in [6.45, 7) is 2.38. The first-order valence-corrected chi connectivity index (χ1v) is 8.48. The zero-order valence-corrected chi connectivity index (χ0v) is 14.7. The molecule has 1 N–H and O–H groups in total. The lowest BCUT2D eigenvalue weighted by atomic mass is 9.54. The fraction of sp³-hybridized carbons (Fsp3) is 0.421. The Morgan fingerprint density at radius 1 is 1.44 bits per heavy atom. The Morgan fingerprint density at radius 2 is 2.19 bits per heavy atom. The number of nitrogens with one attached hydrogen (secondary N) is 1. The molecule has 0 radical (unpaired) electrons. The number of rotatable bonds is 2. The number of ether oxygens (including phenoxy) is 1. The predicted octanol–water partition coefficient (Wildman–Crippen LogP) is 2.58. The number of carbonyl (C=O) groups is 1. The third kappa shape index (κ3) is 2.65. The highest BCUT2D eigenvalue weighted by molar-refractivity contribution is 6.00. The van der Waals surface area contributed by atoms with E-state index in [0.717, 1.165) is 0 Å². The zero-order valence-electron chi connectivity index (χ0n) is 14.7. The molecule has 2 heterocycles. The number of amides is 1. The van der Waals surface area contributed by atoms with Gasteiger partial charge in [-0.15, -0.1) is 0 Å². The summed E-state index contributed by atoms with van der Waals surface area (Å²) in [6, 6.07) is 7.67. The van der Waals surface area contributed by atoms with Crippen molar-refractivity contribution in [3.05, 3.63) is 35.8 Å². The Bertz CT molecular complexity index is 899. The Kier molecular flexibility index (Phi) is 4.71. The van der Waals surface area contributed by atoms with Crippen molar-refractivity contribution in [3.63, 3.8) is 0 Å². The number of nitrogens with zero attached hydrogens (tertiary/aromatic N) is 4. The van der Waals surface area contributed by atoms with Gasteiger partial charge in [-0.1, -0.05) is 6.08 Å². The third-order valence-electron chi connectivity index (χ3n) is 5.22. The molecule has 0 bridgehead atoms. The minimum absolute atomic E-state index is 0.192. The summed E-state index contributed by atoms with van der Waals surface area (Å²) in [7, 11) is 0. The van der Waals surface area contributed by atoms with Crippen LogP contribution in [0.25, 0.3) is 0 Å². The van der Waals surface area contributed by atoms with Crippen LogP contribution in [-0.2, 0) is 4.74 Å². The van der Waals surface area contributed by atoms with Crippen molar-refractivity contribution in [1.29, 1.82) is 21.2 Å². The molecule has 3 rings (SSSR count). The van der Waals surface area contributed by atoms with Gasteiger partial charge in [-0.2, -0.15) is 15.8 Å². The summed E-state index contributed by atoms with van der Waals surface area (Å²) in [6.07, 6.45) is 4.12. The summed E-state index contributed by atoms with van der Waals surface area (Å²) in [5, 5.41) is 37.8. The van der Waals surface area contributed by atoms with Crippen molar-refractivity contribution >= 4 is 11.8 Å². The van der Waals surface area contributed by atoms with Crippen molar-refractivity contribution < 1.29 is 13.9 Å². The van der Waals surface area contributed by atoms with E-state index in [1.807, 2.05) is 12.1 Å². The van der Waals surface area contributed by atoms with Gasteiger partial charge in [0.05, 0.1) is 43.1 Å². The molecule has 0 aromatic carbocycles. The van der Waals surface area contributed by atoms with Crippen LogP contribution < -0.4 is 0 Å². The SMILES string of the molecule is CCOC(=O)N1CC=C2C(C#N)C(=N)C(C#N)(C#N)[C@H](c3ccoc3)[C@H]2C1. The molecule has 27 heavy (non-hydrogen) atoms. The van der Waals surface area contributed by atoms with Crippen LogP contribution in [0.3, 0.4) is 0 Å². The second-order valence-corrected chi connectivity index (χ2v) is 6.46. The van der Waals surface area contributed by atoms with E-state index in [-0.39, 0.29) is 25.4 Å². The van der Waals surface area contributed by atoms with Crippen LogP contribution in [0.1, 0.15) is 18.4 Å². The van der Waals surface area contributed by atoms with Crippen LogP contribution in [-0.4, -0.2) is 36.4 Å². The normalized spacial score (nSPS) is 26.0. The maximum absolute atomic E-state index is 12.2. The summed E-state index contributed by atoms with van der Waals surface area (Å²) < 4.78 is 10.2. The van der Waals surface area contributed by atoms with Crippen LogP contribution in [0, 0.1) is 56.7 Å². The van der Waals surface area contributed by atoms with Gasteiger partial charge >= 0.3 is 6.09 Å². The number of nitriles is 3. The molecule has 1 unspecified atom stereocenters. The summed E-state index contributed by atoms with van der Waals surface area (Å²) in [4.78, 5) is 13.7. The highest BCUT2D eigenvalue weighted by atomic mass is 16.6. The fourth-order valence-electron chi connectivity index (χ4n) is 4.00. The van der Waals surface area contributed by atoms with Gasteiger partial charge in [0, 0.05) is 24.9 Å². The van der Waals surface area contributed by atoms with Gasteiger partial charge in [0.1, 0.15) is 5.92 Å². The van der Waals surface area contributed by atoms with E-state index < -0.39 is 29.3 Å². The Hall–Kier alpha value is -3.57. The van der Waals surface area contributed by atoms with E-state index in [0.29, 0.717) is 11.1 Å². The van der Waals surface area contributed by atoms with Crippen molar-refractivity contribution in [2.45, 2.75) is 12.8 Å². The average Bonchev–Trinajstić information content (AvgIpc) is 3.21. The lowest BCUT2D eigenvalue weighted by Crippen LogP contribution is -2.53. The maximum atomic E-state index is 12.2. The Labute approximate surface area is 156 Å². The van der Waals surface area contributed by atoms with Gasteiger partial charge in [-0.05, 0) is 24.1 Å². The summed E-state index contributed by atoms with van der Waals surface area (Å²) >= 11 is 0.